The Hall–Kier alpha value is -3.16. The second kappa shape index (κ2) is 8.76. The molecule has 0 saturated carbocycles. The Morgan fingerprint density at radius 2 is 1.72 bits per heavy atom. The molecule has 0 fully saturated rings. The highest BCUT2D eigenvalue weighted by Gasteiger charge is 2.22. The highest BCUT2D eigenvalue weighted by Crippen LogP contribution is 2.32. The first kappa shape index (κ1) is 22.0. The summed E-state index contributed by atoms with van der Waals surface area (Å²) in [6, 6.07) is 21.8. The Balaban J connectivity index is 1.61. The molecule has 0 bridgehead atoms. The van der Waals surface area contributed by atoms with E-state index in [4.69, 9.17) is 0 Å². The van der Waals surface area contributed by atoms with Crippen LogP contribution in [0.3, 0.4) is 0 Å². The first-order valence-corrected chi connectivity index (χ1v) is 12.5. The third-order valence-electron chi connectivity index (χ3n) is 5.41. The quantitative estimate of drug-likeness (QED) is 0.389. The van der Waals surface area contributed by atoms with Gasteiger partial charge in [-0.2, -0.15) is 0 Å². The van der Waals surface area contributed by atoms with Gasteiger partial charge in [0.25, 0.3) is 15.9 Å². The van der Waals surface area contributed by atoms with Crippen molar-refractivity contribution in [1.29, 1.82) is 0 Å². The van der Waals surface area contributed by atoms with Gasteiger partial charge in [0.1, 0.15) is 0 Å². The largest absolute Gasteiger partial charge is 0.321 e. The lowest BCUT2D eigenvalue weighted by Crippen LogP contribution is -2.26. The summed E-state index contributed by atoms with van der Waals surface area (Å²) in [4.78, 5) is 13.7. The van der Waals surface area contributed by atoms with Gasteiger partial charge in [-0.05, 0) is 66.8 Å². The molecular weight excluding hydrogens is 440 g/mol. The Morgan fingerprint density at radius 3 is 2.44 bits per heavy atom. The number of carbonyl (C=O) groups is 1. The highest BCUT2D eigenvalue weighted by atomic mass is 32.2. The van der Waals surface area contributed by atoms with Crippen molar-refractivity contribution in [2.24, 2.45) is 0 Å². The van der Waals surface area contributed by atoms with Crippen LogP contribution in [0.15, 0.2) is 77.7 Å². The fourth-order valence-electron chi connectivity index (χ4n) is 3.48. The van der Waals surface area contributed by atoms with Crippen LogP contribution in [-0.2, 0) is 16.4 Å². The molecule has 1 N–H and O–H groups in total. The number of amides is 1. The van der Waals surface area contributed by atoms with Gasteiger partial charge in [0, 0.05) is 17.4 Å². The Kier molecular flexibility index (Phi) is 6.04. The van der Waals surface area contributed by atoms with Gasteiger partial charge in [-0.15, -0.1) is 11.3 Å². The summed E-state index contributed by atoms with van der Waals surface area (Å²) < 4.78 is 28.2. The number of hydrogen-bond donors (Lipinski definition) is 1. The molecule has 164 valence electrons. The fraction of sp³-hybridized carbons (Fsp3) is 0.160. The van der Waals surface area contributed by atoms with E-state index < -0.39 is 10.0 Å². The summed E-state index contributed by atoms with van der Waals surface area (Å²) >= 11 is 1.38. The van der Waals surface area contributed by atoms with E-state index in [2.05, 4.69) is 5.32 Å². The molecule has 5 nitrogen and oxygen atoms in total. The molecular formula is C25H24N2O3S2. The van der Waals surface area contributed by atoms with Crippen LogP contribution in [0.2, 0.25) is 0 Å². The lowest BCUT2D eigenvalue weighted by atomic mass is 10.1. The molecule has 0 saturated heterocycles. The van der Waals surface area contributed by atoms with Crippen molar-refractivity contribution in [1.82, 2.24) is 0 Å². The van der Waals surface area contributed by atoms with Crippen molar-refractivity contribution >= 4 is 48.7 Å². The van der Waals surface area contributed by atoms with Crippen LogP contribution >= 0.6 is 11.3 Å². The number of carbonyl (C=O) groups excluding carboxylic acids is 1. The molecule has 0 aliphatic carbocycles. The average Bonchev–Trinajstić information content (AvgIpc) is 3.23. The maximum Gasteiger partial charge on any atom is 0.265 e. The Morgan fingerprint density at radius 1 is 1.00 bits per heavy atom. The maximum atomic E-state index is 13.0. The number of nitrogens with zero attached hydrogens (tertiary/aromatic N) is 1. The van der Waals surface area contributed by atoms with Crippen molar-refractivity contribution in [3.8, 4) is 0 Å². The van der Waals surface area contributed by atoms with Crippen LogP contribution in [0.4, 0.5) is 11.4 Å². The number of para-hydroxylation sites is 1. The molecule has 4 rings (SSSR count). The molecule has 1 heterocycles. The minimum Gasteiger partial charge on any atom is -0.321 e. The van der Waals surface area contributed by atoms with Crippen LogP contribution < -0.4 is 9.62 Å². The minimum atomic E-state index is -3.68. The van der Waals surface area contributed by atoms with Crippen LogP contribution in [-0.4, -0.2) is 21.4 Å². The second-order valence-electron chi connectivity index (χ2n) is 7.58. The lowest BCUT2D eigenvalue weighted by molar-refractivity contribution is 0.103. The highest BCUT2D eigenvalue weighted by molar-refractivity contribution is 7.92. The number of nitrogens with one attached hydrogen (secondary N) is 1. The number of hydrogen-bond acceptors (Lipinski definition) is 4. The molecule has 0 aliphatic rings. The molecule has 0 spiro atoms. The smallest absolute Gasteiger partial charge is 0.265 e. The summed E-state index contributed by atoms with van der Waals surface area (Å²) in [5.74, 6) is -0.172. The number of anilines is 2. The molecule has 4 aromatic rings. The zero-order valence-corrected chi connectivity index (χ0v) is 19.8. The van der Waals surface area contributed by atoms with Crippen molar-refractivity contribution in [3.05, 3.63) is 88.8 Å². The monoisotopic (exact) mass is 464 g/mol. The SMILES string of the molecule is CCc1ccccc1NC(=O)c1cc2cc(N(C)S(=O)(=O)c3ccc(C)cc3)ccc2s1. The predicted molar refractivity (Wildman–Crippen MR) is 132 cm³/mol. The second-order valence-corrected chi connectivity index (χ2v) is 10.6. The van der Waals surface area contributed by atoms with Gasteiger partial charge in [-0.25, -0.2) is 8.42 Å². The number of aryl methyl sites for hydroxylation is 2. The molecule has 0 atom stereocenters. The molecule has 1 amide bonds. The zero-order valence-electron chi connectivity index (χ0n) is 18.1. The summed E-state index contributed by atoms with van der Waals surface area (Å²) in [5, 5.41) is 3.82. The Bertz CT molecular complexity index is 1390. The van der Waals surface area contributed by atoms with Gasteiger partial charge >= 0.3 is 0 Å². The standard InChI is InChI=1S/C25H24N2O3S2/c1-4-18-7-5-6-8-22(18)26-25(28)24-16-19-15-20(11-14-23(19)31-24)27(3)32(29,30)21-12-9-17(2)10-13-21/h5-16H,4H2,1-3H3,(H,26,28). The molecule has 7 heteroatoms. The van der Waals surface area contributed by atoms with Gasteiger partial charge in [0.05, 0.1) is 15.5 Å². The molecule has 0 unspecified atom stereocenters. The fourth-order valence-corrected chi connectivity index (χ4v) is 5.61. The molecule has 0 aliphatic heterocycles. The number of sulfonamides is 1. The van der Waals surface area contributed by atoms with Gasteiger partial charge < -0.3 is 5.32 Å². The topological polar surface area (TPSA) is 66.5 Å². The lowest BCUT2D eigenvalue weighted by Gasteiger charge is -2.19. The van der Waals surface area contributed by atoms with Crippen LogP contribution in [0.25, 0.3) is 10.1 Å². The van der Waals surface area contributed by atoms with E-state index in [1.165, 1.54) is 22.7 Å². The van der Waals surface area contributed by atoms with Crippen molar-refractivity contribution in [2.45, 2.75) is 25.2 Å². The number of benzene rings is 3. The maximum absolute atomic E-state index is 13.0. The van der Waals surface area contributed by atoms with Gasteiger partial charge in [0.15, 0.2) is 0 Å². The predicted octanol–water partition coefficient (Wildman–Crippen LogP) is 5.85. The van der Waals surface area contributed by atoms with Crippen molar-refractivity contribution in [3.63, 3.8) is 0 Å². The number of thiophene rings is 1. The van der Waals surface area contributed by atoms with Crippen LogP contribution in [0.5, 0.6) is 0 Å². The third kappa shape index (κ3) is 4.26. The zero-order chi connectivity index (χ0) is 22.9. The van der Waals surface area contributed by atoms with E-state index in [0.29, 0.717) is 10.6 Å². The molecule has 1 aromatic heterocycles. The molecule has 0 radical (unpaired) electrons. The number of fused-ring (bicyclic) bond motifs is 1. The molecule has 32 heavy (non-hydrogen) atoms. The van der Waals surface area contributed by atoms with E-state index >= 15 is 0 Å². The normalized spacial score (nSPS) is 11.5. The van der Waals surface area contributed by atoms with Crippen LogP contribution in [0, 0.1) is 6.92 Å². The van der Waals surface area contributed by atoms with Gasteiger partial charge in [-0.1, -0.05) is 42.8 Å². The summed E-state index contributed by atoms with van der Waals surface area (Å²) in [6.45, 7) is 3.96. The van der Waals surface area contributed by atoms with E-state index in [9.17, 15) is 13.2 Å². The van der Waals surface area contributed by atoms with Gasteiger partial charge in [-0.3, -0.25) is 9.10 Å². The molecule has 3 aromatic carbocycles. The van der Waals surface area contributed by atoms with Crippen molar-refractivity contribution in [2.75, 3.05) is 16.7 Å². The first-order chi connectivity index (χ1) is 15.3. The van der Waals surface area contributed by atoms with E-state index in [1.807, 2.05) is 44.2 Å². The first-order valence-electron chi connectivity index (χ1n) is 10.3. The van der Waals surface area contributed by atoms with E-state index in [1.54, 1.807) is 42.5 Å². The van der Waals surface area contributed by atoms with Gasteiger partial charge in [0.2, 0.25) is 0 Å². The third-order valence-corrected chi connectivity index (χ3v) is 8.33. The van der Waals surface area contributed by atoms with Crippen molar-refractivity contribution < 1.29 is 13.2 Å². The summed E-state index contributed by atoms with van der Waals surface area (Å²) in [6.07, 6.45) is 0.827. The summed E-state index contributed by atoms with van der Waals surface area (Å²) in [7, 11) is -2.14. The van der Waals surface area contributed by atoms with Crippen LogP contribution in [0.1, 0.15) is 27.7 Å². The van der Waals surface area contributed by atoms with E-state index in [0.717, 1.165) is 33.3 Å². The summed E-state index contributed by atoms with van der Waals surface area (Å²) in [5.41, 5.74) is 3.42. The van der Waals surface area contributed by atoms with E-state index in [-0.39, 0.29) is 10.8 Å². The minimum absolute atomic E-state index is 0.172. The Labute approximate surface area is 192 Å². The number of rotatable bonds is 6. The average molecular weight is 465 g/mol.